The number of rotatable bonds is 1. The number of hydrogen-bond donors (Lipinski definition) is 0. The topological polar surface area (TPSA) is 46.2 Å². The van der Waals surface area contributed by atoms with Crippen molar-refractivity contribution in [2.45, 2.75) is 0 Å². The lowest BCUT2D eigenvalue weighted by molar-refractivity contribution is 0.448. The van der Waals surface area contributed by atoms with Gasteiger partial charge in [0.25, 0.3) is 0 Å². The van der Waals surface area contributed by atoms with E-state index in [1.165, 1.54) is 4.57 Å². The first-order valence-electron chi connectivity index (χ1n) is 9.88. The predicted octanol–water partition coefficient (Wildman–Crippen LogP) is 7.52. The Morgan fingerprint density at radius 2 is 1.55 bits per heavy atom. The molecule has 0 aliphatic heterocycles. The molecular formula is C26H10F3N3O. The lowest BCUT2D eigenvalue weighted by Gasteiger charge is -2.13. The van der Waals surface area contributed by atoms with Gasteiger partial charge in [-0.15, -0.1) is 0 Å². The summed E-state index contributed by atoms with van der Waals surface area (Å²) in [7, 11) is 0. The van der Waals surface area contributed by atoms with Crippen LogP contribution in [0.1, 0.15) is 5.56 Å². The molecule has 4 aromatic carbocycles. The van der Waals surface area contributed by atoms with Crippen LogP contribution in [0, 0.1) is 35.4 Å². The third-order valence-electron chi connectivity index (χ3n) is 5.90. The Labute approximate surface area is 184 Å². The zero-order valence-corrected chi connectivity index (χ0v) is 16.7. The van der Waals surface area contributed by atoms with Crippen LogP contribution in [0.5, 0.6) is 0 Å². The lowest BCUT2D eigenvalue weighted by atomic mass is 10.1. The summed E-state index contributed by atoms with van der Waals surface area (Å²) in [5.74, 6) is -5.02. The number of para-hydroxylation sites is 2. The maximum Gasteiger partial charge on any atom is 0.244 e. The van der Waals surface area contributed by atoms with Gasteiger partial charge in [-0.2, -0.15) is 5.26 Å². The van der Waals surface area contributed by atoms with E-state index in [-0.39, 0.29) is 0 Å². The molecule has 156 valence electrons. The van der Waals surface area contributed by atoms with Crippen molar-refractivity contribution in [1.82, 2.24) is 4.57 Å². The van der Waals surface area contributed by atoms with E-state index >= 15 is 4.39 Å². The highest BCUT2D eigenvalue weighted by atomic mass is 19.2. The zero-order valence-electron chi connectivity index (χ0n) is 16.7. The maximum atomic E-state index is 15.2. The molecule has 0 atom stereocenters. The average Bonchev–Trinajstić information content (AvgIpc) is 3.38. The SMILES string of the molecule is [C-]#[N+]c1c(F)c(F)c(F)c(-n2c3ccccc3c3c4oc5ccccc5c4ccc32)c1C#N. The molecule has 0 fully saturated rings. The van der Waals surface area contributed by atoms with Gasteiger partial charge in [0.2, 0.25) is 5.69 Å². The van der Waals surface area contributed by atoms with Gasteiger partial charge >= 0.3 is 0 Å². The smallest absolute Gasteiger partial charge is 0.244 e. The van der Waals surface area contributed by atoms with Crippen molar-refractivity contribution in [3.8, 4) is 11.8 Å². The highest BCUT2D eigenvalue weighted by Gasteiger charge is 2.29. The number of benzene rings is 4. The van der Waals surface area contributed by atoms with Crippen molar-refractivity contribution in [3.63, 3.8) is 0 Å². The molecular weight excluding hydrogens is 427 g/mol. The Balaban J connectivity index is 1.89. The number of fused-ring (bicyclic) bond motifs is 7. The first-order valence-corrected chi connectivity index (χ1v) is 9.88. The summed E-state index contributed by atoms with van der Waals surface area (Å²) >= 11 is 0. The van der Waals surface area contributed by atoms with Crippen molar-refractivity contribution < 1.29 is 17.6 Å². The van der Waals surface area contributed by atoms with Crippen LogP contribution in [0.15, 0.2) is 65.1 Å². The monoisotopic (exact) mass is 437 g/mol. The van der Waals surface area contributed by atoms with E-state index < -0.39 is 34.4 Å². The number of nitriles is 1. The van der Waals surface area contributed by atoms with E-state index in [0.717, 1.165) is 10.8 Å². The number of furan rings is 1. The molecule has 0 spiro atoms. The Hall–Kier alpha value is -4.75. The van der Waals surface area contributed by atoms with Gasteiger partial charge < -0.3 is 8.98 Å². The molecule has 7 heteroatoms. The van der Waals surface area contributed by atoms with Crippen LogP contribution in [0.4, 0.5) is 18.9 Å². The highest BCUT2D eigenvalue weighted by Crippen LogP contribution is 2.43. The number of hydrogen-bond acceptors (Lipinski definition) is 2. The van der Waals surface area contributed by atoms with Gasteiger partial charge in [-0.05, 0) is 24.3 Å². The van der Waals surface area contributed by atoms with Crippen LogP contribution < -0.4 is 0 Å². The van der Waals surface area contributed by atoms with Crippen molar-refractivity contribution in [2.24, 2.45) is 0 Å². The standard InChI is InChI=1S/C26H10F3N3O/c1-31-24-16(12-30)25(23(29)21(27)22(24)28)32-17-8-4-2-7-15(17)20-18(32)11-10-14-13-6-3-5-9-19(13)33-26(14)20/h2-11H. The molecule has 0 unspecified atom stereocenters. The summed E-state index contributed by atoms with van der Waals surface area (Å²) < 4.78 is 51.5. The van der Waals surface area contributed by atoms with Crippen molar-refractivity contribution in [3.05, 3.63) is 95.1 Å². The van der Waals surface area contributed by atoms with Crippen molar-refractivity contribution in [2.75, 3.05) is 0 Å². The van der Waals surface area contributed by atoms with Gasteiger partial charge in [-0.3, -0.25) is 0 Å². The minimum atomic E-state index is -1.80. The molecule has 33 heavy (non-hydrogen) atoms. The van der Waals surface area contributed by atoms with Crippen LogP contribution >= 0.6 is 0 Å². The normalized spacial score (nSPS) is 11.4. The Kier molecular flexibility index (Phi) is 3.81. The molecule has 6 aromatic rings. The molecule has 4 nitrogen and oxygen atoms in total. The van der Waals surface area contributed by atoms with Crippen LogP contribution in [0.2, 0.25) is 0 Å². The third-order valence-corrected chi connectivity index (χ3v) is 5.90. The molecule has 6 rings (SSSR count). The maximum absolute atomic E-state index is 15.2. The first kappa shape index (κ1) is 19.0. The molecule has 0 N–H and O–H groups in total. The van der Waals surface area contributed by atoms with Gasteiger partial charge in [0.05, 0.1) is 40.3 Å². The first-order chi connectivity index (χ1) is 16.1. The Morgan fingerprint density at radius 1 is 0.818 bits per heavy atom. The molecule has 0 saturated heterocycles. The molecule has 2 aromatic heterocycles. The van der Waals surface area contributed by atoms with Gasteiger partial charge in [0.15, 0.2) is 17.5 Å². The fraction of sp³-hybridized carbons (Fsp3) is 0. The minimum Gasteiger partial charge on any atom is -0.455 e. The fourth-order valence-corrected chi connectivity index (χ4v) is 4.53. The zero-order chi connectivity index (χ0) is 22.9. The van der Waals surface area contributed by atoms with Crippen molar-refractivity contribution >= 4 is 49.4 Å². The lowest BCUT2D eigenvalue weighted by Crippen LogP contribution is -2.06. The summed E-state index contributed by atoms with van der Waals surface area (Å²) in [4.78, 5) is 2.97. The second-order valence-corrected chi connectivity index (χ2v) is 7.52. The van der Waals surface area contributed by atoms with Crippen LogP contribution in [0.3, 0.4) is 0 Å². The van der Waals surface area contributed by atoms with Gasteiger partial charge in [0, 0.05) is 16.2 Å². The molecule has 0 bridgehead atoms. The van der Waals surface area contributed by atoms with E-state index in [1.54, 1.807) is 42.5 Å². The van der Waals surface area contributed by atoms with Gasteiger partial charge in [0.1, 0.15) is 11.2 Å². The second-order valence-electron chi connectivity index (χ2n) is 7.52. The van der Waals surface area contributed by atoms with E-state index in [4.69, 9.17) is 11.0 Å². The second kappa shape index (κ2) is 6.62. The van der Waals surface area contributed by atoms with Crippen LogP contribution in [-0.4, -0.2) is 4.57 Å². The molecule has 0 radical (unpaired) electrons. The highest BCUT2D eigenvalue weighted by molar-refractivity contribution is 6.23. The van der Waals surface area contributed by atoms with E-state index in [9.17, 15) is 14.0 Å². The molecule has 0 amide bonds. The van der Waals surface area contributed by atoms with Gasteiger partial charge in [-0.1, -0.05) is 36.4 Å². The fourth-order valence-electron chi connectivity index (χ4n) is 4.53. The van der Waals surface area contributed by atoms with Crippen LogP contribution in [0.25, 0.3) is 54.3 Å². The third kappa shape index (κ3) is 2.34. The number of halogens is 3. The summed E-state index contributed by atoms with van der Waals surface area (Å²) in [6, 6.07) is 19.7. The summed E-state index contributed by atoms with van der Waals surface area (Å²) in [5, 5.41) is 12.8. The van der Waals surface area contributed by atoms with E-state index in [0.29, 0.717) is 33.0 Å². The molecule has 0 aliphatic rings. The van der Waals surface area contributed by atoms with Gasteiger partial charge in [-0.25, -0.2) is 18.0 Å². The summed E-state index contributed by atoms with van der Waals surface area (Å²) in [6.45, 7) is 7.23. The minimum absolute atomic E-state index is 0.431. The number of aromatic nitrogens is 1. The summed E-state index contributed by atoms with van der Waals surface area (Å²) in [6.07, 6.45) is 0. The summed E-state index contributed by atoms with van der Waals surface area (Å²) in [5.41, 5.74) is 0.164. The van der Waals surface area contributed by atoms with Crippen LogP contribution in [-0.2, 0) is 0 Å². The molecule has 2 heterocycles. The molecule has 0 aliphatic carbocycles. The van der Waals surface area contributed by atoms with E-state index in [1.807, 2.05) is 24.3 Å². The van der Waals surface area contributed by atoms with E-state index in [2.05, 4.69) is 4.85 Å². The average molecular weight is 437 g/mol. The Morgan fingerprint density at radius 3 is 2.30 bits per heavy atom. The predicted molar refractivity (Wildman–Crippen MR) is 119 cm³/mol. The quantitative estimate of drug-likeness (QED) is 0.197. The largest absolute Gasteiger partial charge is 0.455 e. The Bertz CT molecular complexity index is 1880. The van der Waals surface area contributed by atoms with Crippen molar-refractivity contribution in [1.29, 1.82) is 5.26 Å². The number of nitrogens with zero attached hydrogens (tertiary/aromatic N) is 3. The molecule has 0 saturated carbocycles.